The van der Waals surface area contributed by atoms with Crippen LogP contribution in [-0.4, -0.2) is 26.2 Å². The molecule has 4 nitrogen and oxygen atoms in total. The van der Waals surface area contributed by atoms with E-state index in [4.69, 9.17) is 21.1 Å². The van der Waals surface area contributed by atoms with Crippen LogP contribution in [0.15, 0.2) is 41.1 Å². The van der Waals surface area contributed by atoms with E-state index in [2.05, 4.69) is 5.32 Å². The van der Waals surface area contributed by atoms with Crippen molar-refractivity contribution in [3.8, 4) is 5.75 Å². The minimum absolute atomic E-state index is 0.245. The lowest BCUT2D eigenvalue weighted by atomic mass is 10.2. The molecular formula is C16H16ClNO3S. The van der Waals surface area contributed by atoms with Gasteiger partial charge in [0.05, 0.1) is 17.3 Å². The molecule has 116 valence electrons. The Labute approximate surface area is 138 Å². The molecular weight excluding hydrogens is 322 g/mol. The third kappa shape index (κ3) is 4.87. The Kier molecular flexibility index (Phi) is 6.45. The molecule has 0 atom stereocenters. The van der Waals surface area contributed by atoms with Crippen LogP contribution in [0.2, 0.25) is 5.02 Å². The fourth-order valence-electron chi connectivity index (χ4n) is 1.70. The summed E-state index contributed by atoms with van der Waals surface area (Å²) < 4.78 is 10.5. The highest BCUT2D eigenvalue weighted by Crippen LogP contribution is 2.32. The molecule has 0 spiro atoms. The van der Waals surface area contributed by atoms with E-state index in [9.17, 15) is 4.79 Å². The number of methoxy groups -OCH3 is 1. The van der Waals surface area contributed by atoms with Gasteiger partial charge in [0.2, 0.25) is 5.91 Å². The first-order valence-electron chi connectivity index (χ1n) is 6.62. The van der Waals surface area contributed by atoms with Crippen molar-refractivity contribution in [2.75, 3.05) is 25.6 Å². The van der Waals surface area contributed by atoms with E-state index in [1.54, 1.807) is 42.7 Å². The zero-order chi connectivity index (χ0) is 15.8. The molecule has 0 aliphatic rings. The maximum absolute atomic E-state index is 12.0. The fourth-order valence-corrected chi connectivity index (χ4v) is 2.55. The molecule has 0 fully saturated rings. The summed E-state index contributed by atoms with van der Waals surface area (Å²) in [7, 11) is 1.59. The van der Waals surface area contributed by atoms with Gasteiger partial charge in [-0.05, 0) is 40.6 Å². The lowest BCUT2D eigenvalue weighted by molar-refractivity contribution is -0.111. The van der Waals surface area contributed by atoms with Gasteiger partial charge in [0.25, 0.3) is 0 Å². The van der Waals surface area contributed by atoms with Gasteiger partial charge in [-0.15, -0.1) is 0 Å². The molecule has 0 radical (unpaired) electrons. The topological polar surface area (TPSA) is 47.6 Å². The van der Waals surface area contributed by atoms with Crippen molar-refractivity contribution in [1.82, 2.24) is 0 Å². The summed E-state index contributed by atoms with van der Waals surface area (Å²) in [6, 6.07) is 7.14. The minimum Gasteiger partial charge on any atom is -0.487 e. The quantitative estimate of drug-likeness (QED) is 0.611. The fraction of sp³-hybridized carbons (Fsp3) is 0.188. The van der Waals surface area contributed by atoms with Gasteiger partial charge in [0.1, 0.15) is 6.61 Å². The summed E-state index contributed by atoms with van der Waals surface area (Å²) in [5.41, 5.74) is 1.52. The van der Waals surface area contributed by atoms with Gasteiger partial charge in [-0.25, -0.2) is 0 Å². The van der Waals surface area contributed by atoms with Crippen molar-refractivity contribution >= 4 is 40.6 Å². The molecule has 22 heavy (non-hydrogen) atoms. The summed E-state index contributed by atoms with van der Waals surface area (Å²) in [5, 5.41) is 7.12. The molecule has 1 aromatic heterocycles. The molecule has 6 heteroatoms. The number of nitrogens with one attached hydrogen (secondary N) is 1. The lowest BCUT2D eigenvalue weighted by Crippen LogP contribution is -2.11. The third-order valence-corrected chi connectivity index (χ3v) is 3.73. The number of anilines is 1. The van der Waals surface area contributed by atoms with E-state index in [-0.39, 0.29) is 5.91 Å². The predicted octanol–water partition coefficient (Wildman–Crippen LogP) is 4.08. The van der Waals surface area contributed by atoms with Crippen LogP contribution in [-0.2, 0) is 9.53 Å². The largest absolute Gasteiger partial charge is 0.487 e. The smallest absolute Gasteiger partial charge is 0.248 e. The summed E-state index contributed by atoms with van der Waals surface area (Å²) in [4.78, 5) is 12.0. The Morgan fingerprint density at radius 1 is 1.36 bits per heavy atom. The molecule has 0 unspecified atom stereocenters. The predicted molar refractivity (Wildman–Crippen MR) is 90.8 cm³/mol. The number of thiophene rings is 1. The molecule has 0 aliphatic heterocycles. The SMILES string of the molecule is COCCOc1c(Cl)cccc1NC(=O)/C=C/c1ccsc1. The zero-order valence-corrected chi connectivity index (χ0v) is 13.6. The van der Waals surface area contributed by atoms with E-state index < -0.39 is 0 Å². The minimum atomic E-state index is -0.245. The normalized spacial score (nSPS) is 10.8. The molecule has 0 bridgehead atoms. The third-order valence-electron chi connectivity index (χ3n) is 2.73. The van der Waals surface area contributed by atoms with Crippen molar-refractivity contribution in [1.29, 1.82) is 0 Å². The van der Waals surface area contributed by atoms with Crippen LogP contribution < -0.4 is 10.1 Å². The van der Waals surface area contributed by atoms with Crippen LogP contribution in [0.4, 0.5) is 5.69 Å². The van der Waals surface area contributed by atoms with Gasteiger partial charge >= 0.3 is 0 Å². The van der Waals surface area contributed by atoms with E-state index in [1.165, 1.54) is 6.08 Å². The number of benzene rings is 1. The van der Waals surface area contributed by atoms with Gasteiger partial charge in [-0.1, -0.05) is 17.7 Å². The number of hydrogen-bond acceptors (Lipinski definition) is 4. The average molecular weight is 338 g/mol. The van der Waals surface area contributed by atoms with Gasteiger partial charge in [0, 0.05) is 13.2 Å². The van der Waals surface area contributed by atoms with E-state index in [1.807, 2.05) is 16.8 Å². The monoisotopic (exact) mass is 337 g/mol. The maximum atomic E-state index is 12.0. The van der Waals surface area contributed by atoms with Crippen LogP contribution in [0, 0.1) is 0 Å². The zero-order valence-electron chi connectivity index (χ0n) is 12.0. The number of para-hydroxylation sites is 1. The lowest BCUT2D eigenvalue weighted by Gasteiger charge is -2.13. The highest BCUT2D eigenvalue weighted by atomic mass is 35.5. The Bertz CT molecular complexity index is 641. The average Bonchev–Trinajstić information content (AvgIpc) is 3.01. The molecule has 2 aromatic rings. The van der Waals surface area contributed by atoms with Gasteiger partial charge in [-0.3, -0.25) is 4.79 Å². The van der Waals surface area contributed by atoms with Crippen LogP contribution in [0.5, 0.6) is 5.75 Å². The van der Waals surface area contributed by atoms with E-state index >= 15 is 0 Å². The van der Waals surface area contributed by atoms with Crippen molar-refractivity contribution < 1.29 is 14.3 Å². The first kappa shape index (κ1) is 16.5. The number of ether oxygens (including phenoxy) is 2. The van der Waals surface area contributed by atoms with Crippen molar-refractivity contribution in [3.63, 3.8) is 0 Å². The molecule has 1 heterocycles. The Morgan fingerprint density at radius 3 is 2.95 bits per heavy atom. The Hall–Kier alpha value is -1.82. The highest BCUT2D eigenvalue weighted by molar-refractivity contribution is 7.08. The van der Waals surface area contributed by atoms with Gasteiger partial charge < -0.3 is 14.8 Å². The van der Waals surface area contributed by atoms with Crippen molar-refractivity contribution in [2.45, 2.75) is 0 Å². The molecule has 2 rings (SSSR count). The summed E-state index contributed by atoms with van der Waals surface area (Å²) in [6.45, 7) is 0.796. The summed E-state index contributed by atoms with van der Waals surface area (Å²) >= 11 is 7.69. The van der Waals surface area contributed by atoms with Gasteiger partial charge in [-0.2, -0.15) is 11.3 Å². The Morgan fingerprint density at radius 2 is 2.23 bits per heavy atom. The first-order chi connectivity index (χ1) is 10.7. The molecule has 0 saturated carbocycles. The van der Waals surface area contributed by atoms with Crippen LogP contribution >= 0.6 is 22.9 Å². The van der Waals surface area contributed by atoms with Gasteiger partial charge in [0.15, 0.2) is 5.75 Å². The molecule has 1 N–H and O–H groups in total. The van der Waals surface area contributed by atoms with E-state index in [0.29, 0.717) is 29.7 Å². The standard InChI is InChI=1S/C16H16ClNO3S/c1-20-8-9-21-16-13(17)3-2-4-14(16)18-15(19)6-5-12-7-10-22-11-12/h2-7,10-11H,8-9H2,1H3,(H,18,19)/b6-5+. The Balaban J connectivity index is 2.04. The highest BCUT2D eigenvalue weighted by Gasteiger charge is 2.10. The number of hydrogen-bond donors (Lipinski definition) is 1. The van der Waals surface area contributed by atoms with Crippen LogP contribution in [0.25, 0.3) is 6.08 Å². The molecule has 0 aliphatic carbocycles. The summed E-state index contributed by atoms with van der Waals surface area (Å²) in [6.07, 6.45) is 3.23. The first-order valence-corrected chi connectivity index (χ1v) is 7.94. The second kappa shape index (κ2) is 8.58. The number of carbonyl (C=O) groups is 1. The molecule has 1 amide bonds. The number of halogens is 1. The second-order valence-corrected chi connectivity index (χ2v) is 5.52. The van der Waals surface area contributed by atoms with Crippen LogP contribution in [0.3, 0.4) is 0 Å². The van der Waals surface area contributed by atoms with E-state index in [0.717, 1.165) is 5.56 Å². The number of amides is 1. The second-order valence-electron chi connectivity index (χ2n) is 4.34. The summed E-state index contributed by atoms with van der Waals surface area (Å²) in [5.74, 6) is 0.198. The number of carbonyl (C=O) groups excluding carboxylic acids is 1. The maximum Gasteiger partial charge on any atom is 0.248 e. The molecule has 1 aromatic carbocycles. The van der Waals surface area contributed by atoms with Crippen molar-refractivity contribution in [2.24, 2.45) is 0 Å². The van der Waals surface area contributed by atoms with Crippen molar-refractivity contribution in [3.05, 3.63) is 51.7 Å². The molecule has 0 saturated heterocycles. The van der Waals surface area contributed by atoms with Crippen LogP contribution in [0.1, 0.15) is 5.56 Å². The number of rotatable bonds is 7.